The number of halogens is 3. The number of carbonyl (C=O) groups is 3. The zero-order chi connectivity index (χ0) is 16.9. The van der Waals surface area contributed by atoms with Crippen LogP contribution in [0, 0.1) is 5.92 Å². The summed E-state index contributed by atoms with van der Waals surface area (Å²) >= 11 is 0. The molecule has 126 valence electrons. The van der Waals surface area contributed by atoms with Crippen LogP contribution in [0.25, 0.3) is 0 Å². The molecule has 1 aliphatic rings. The van der Waals surface area contributed by atoms with Crippen molar-refractivity contribution in [2.45, 2.75) is 25.1 Å². The van der Waals surface area contributed by atoms with E-state index in [4.69, 9.17) is 9.84 Å². The average Bonchev–Trinajstić information content (AvgIpc) is 2.73. The molecule has 0 aromatic rings. The van der Waals surface area contributed by atoms with Crippen molar-refractivity contribution in [2.75, 3.05) is 26.8 Å². The Hall–Kier alpha value is -1.84. The summed E-state index contributed by atoms with van der Waals surface area (Å²) in [6.07, 6.45) is -4.88. The highest BCUT2D eigenvalue weighted by Gasteiger charge is 2.41. The van der Waals surface area contributed by atoms with Gasteiger partial charge >= 0.3 is 12.1 Å². The number of carboxylic acid groups (broad SMARTS) is 1. The van der Waals surface area contributed by atoms with Crippen LogP contribution in [0.1, 0.15) is 12.8 Å². The van der Waals surface area contributed by atoms with E-state index in [0.29, 0.717) is 4.90 Å². The number of hydrogen-bond acceptors (Lipinski definition) is 4. The monoisotopic (exact) mass is 326 g/mol. The van der Waals surface area contributed by atoms with E-state index in [1.165, 1.54) is 7.11 Å². The Kier molecular flexibility index (Phi) is 6.15. The molecule has 0 saturated carbocycles. The van der Waals surface area contributed by atoms with Crippen molar-refractivity contribution < 1.29 is 37.4 Å². The van der Waals surface area contributed by atoms with Gasteiger partial charge in [0.1, 0.15) is 12.6 Å². The van der Waals surface area contributed by atoms with E-state index < -0.39 is 42.5 Å². The first-order valence-corrected chi connectivity index (χ1v) is 6.50. The van der Waals surface area contributed by atoms with Gasteiger partial charge in [0.25, 0.3) is 0 Å². The van der Waals surface area contributed by atoms with Crippen LogP contribution in [0.5, 0.6) is 0 Å². The smallest absolute Gasteiger partial charge is 0.406 e. The van der Waals surface area contributed by atoms with Crippen LogP contribution in [-0.2, 0) is 19.1 Å². The van der Waals surface area contributed by atoms with E-state index in [1.54, 1.807) is 0 Å². The molecule has 22 heavy (non-hydrogen) atoms. The number of aliphatic carboxylic acids is 1. The Morgan fingerprint density at radius 3 is 2.64 bits per heavy atom. The normalized spacial score (nSPS) is 20.1. The number of hydrogen-bond donors (Lipinski definition) is 2. The summed E-state index contributed by atoms with van der Waals surface area (Å²) in [5.41, 5.74) is 0. The summed E-state index contributed by atoms with van der Waals surface area (Å²) in [6.45, 7) is -1.69. The molecule has 2 N–H and O–H groups in total. The molecular formula is C12H17F3N2O5. The number of amides is 2. The van der Waals surface area contributed by atoms with Gasteiger partial charge in [-0.3, -0.25) is 9.59 Å². The molecule has 1 aliphatic heterocycles. The number of rotatable bonds is 7. The second kappa shape index (κ2) is 7.43. The molecular weight excluding hydrogens is 309 g/mol. The van der Waals surface area contributed by atoms with E-state index in [9.17, 15) is 27.6 Å². The minimum atomic E-state index is -4.54. The van der Waals surface area contributed by atoms with E-state index in [-0.39, 0.29) is 26.0 Å². The lowest BCUT2D eigenvalue weighted by Crippen LogP contribution is -2.45. The number of ether oxygens (including phenoxy) is 1. The van der Waals surface area contributed by atoms with Crippen molar-refractivity contribution in [3.8, 4) is 0 Å². The lowest BCUT2D eigenvalue weighted by atomic mass is 10.1. The van der Waals surface area contributed by atoms with E-state index in [0.717, 1.165) is 0 Å². The van der Waals surface area contributed by atoms with Gasteiger partial charge in [0.2, 0.25) is 11.8 Å². The van der Waals surface area contributed by atoms with Gasteiger partial charge in [-0.15, -0.1) is 0 Å². The molecule has 7 nitrogen and oxygen atoms in total. The molecule has 0 aliphatic carbocycles. The third kappa shape index (κ3) is 5.51. The molecule has 0 aromatic carbocycles. The van der Waals surface area contributed by atoms with Gasteiger partial charge in [0.15, 0.2) is 0 Å². The van der Waals surface area contributed by atoms with Gasteiger partial charge in [0, 0.05) is 33.1 Å². The molecule has 0 aromatic heterocycles. The standard InChI is InChI=1S/C12H17F3N2O5/c1-22-3-2-8(11(20)21)16-10(19)7-4-9(18)17(5-7)6-12(13,14)15/h7-8H,2-6H2,1H3,(H,16,19)(H,20,21)/t7-,8-/m1/s1. The maximum Gasteiger partial charge on any atom is 0.406 e. The molecule has 1 fully saturated rings. The highest BCUT2D eigenvalue weighted by atomic mass is 19.4. The Morgan fingerprint density at radius 1 is 1.50 bits per heavy atom. The summed E-state index contributed by atoms with van der Waals surface area (Å²) in [7, 11) is 1.37. The maximum atomic E-state index is 12.3. The Morgan fingerprint density at radius 2 is 2.14 bits per heavy atom. The fourth-order valence-corrected chi connectivity index (χ4v) is 2.10. The van der Waals surface area contributed by atoms with Gasteiger partial charge in [-0.25, -0.2) is 4.79 Å². The topological polar surface area (TPSA) is 95.9 Å². The molecule has 0 radical (unpaired) electrons. The molecule has 2 amide bonds. The van der Waals surface area contributed by atoms with Crippen LogP contribution in [0.3, 0.4) is 0 Å². The molecule has 0 bridgehead atoms. The number of nitrogens with one attached hydrogen (secondary N) is 1. The molecule has 0 spiro atoms. The number of alkyl halides is 3. The Labute approximate surface area is 124 Å². The van der Waals surface area contributed by atoms with E-state index in [2.05, 4.69) is 5.32 Å². The fourth-order valence-electron chi connectivity index (χ4n) is 2.10. The largest absolute Gasteiger partial charge is 0.480 e. The summed E-state index contributed by atoms with van der Waals surface area (Å²) in [5, 5.41) is 11.2. The first-order valence-electron chi connectivity index (χ1n) is 6.50. The first-order chi connectivity index (χ1) is 10.1. The van der Waals surface area contributed by atoms with Crippen LogP contribution in [0.4, 0.5) is 13.2 Å². The fraction of sp³-hybridized carbons (Fsp3) is 0.750. The van der Waals surface area contributed by atoms with Crippen molar-refractivity contribution >= 4 is 17.8 Å². The SMILES string of the molecule is COCC[C@@H](NC(=O)[C@@H]1CC(=O)N(CC(F)(F)F)C1)C(=O)O. The second-order valence-corrected chi connectivity index (χ2v) is 4.97. The van der Waals surface area contributed by atoms with E-state index in [1.807, 2.05) is 0 Å². The third-order valence-electron chi connectivity index (χ3n) is 3.18. The second-order valence-electron chi connectivity index (χ2n) is 4.97. The number of methoxy groups -OCH3 is 1. The quantitative estimate of drug-likeness (QED) is 0.687. The summed E-state index contributed by atoms with van der Waals surface area (Å²) in [5.74, 6) is -3.79. The number of nitrogens with zero attached hydrogens (tertiary/aromatic N) is 1. The van der Waals surface area contributed by atoms with Crippen LogP contribution in [0.15, 0.2) is 0 Å². The molecule has 1 rings (SSSR count). The average molecular weight is 326 g/mol. The van der Waals surface area contributed by atoms with Gasteiger partial charge in [-0.2, -0.15) is 13.2 Å². The van der Waals surface area contributed by atoms with Crippen LogP contribution < -0.4 is 5.32 Å². The Bertz CT molecular complexity index is 441. The number of carboxylic acids is 1. The zero-order valence-corrected chi connectivity index (χ0v) is 11.9. The van der Waals surface area contributed by atoms with Crippen molar-refractivity contribution in [2.24, 2.45) is 5.92 Å². The highest BCUT2D eigenvalue weighted by molar-refractivity contribution is 5.91. The van der Waals surface area contributed by atoms with Crippen LogP contribution in [0.2, 0.25) is 0 Å². The van der Waals surface area contributed by atoms with Gasteiger partial charge in [0.05, 0.1) is 5.92 Å². The molecule has 2 atom stereocenters. The predicted octanol–water partition coefficient (Wildman–Crippen LogP) is 0.00310. The first kappa shape index (κ1) is 18.2. The van der Waals surface area contributed by atoms with Gasteiger partial charge in [-0.1, -0.05) is 0 Å². The summed E-state index contributed by atoms with van der Waals surface area (Å²) in [4.78, 5) is 34.9. The summed E-state index contributed by atoms with van der Waals surface area (Å²) in [6, 6.07) is -1.21. The molecule has 10 heteroatoms. The number of carbonyl (C=O) groups excluding carboxylic acids is 2. The molecule has 0 unspecified atom stereocenters. The van der Waals surface area contributed by atoms with Crippen LogP contribution >= 0.6 is 0 Å². The maximum absolute atomic E-state index is 12.3. The van der Waals surface area contributed by atoms with Gasteiger partial charge < -0.3 is 20.1 Å². The van der Waals surface area contributed by atoms with E-state index >= 15 is 0 Å². The molecule has 1 heterocycles. The van der Waals surface area contributed by atoms with Crippen LogP contribution in [-0.4, -0.2) is 66.8 Å². The lowest BCUT2D eigenvalue weighted by molar-refractivity contribution is -0.157. The molecule has 1 saturated heterocycles. The predicted molar refractivity (Wildman–Crippen MR) is 66.8 cm³/mol. The highest BCUT2D eigenvalue weighted by Crippen LogP contribution is 2.24. The summed E-state index contributed by atoms with van der Waals surface area (Å²) < 4.78 is 41.6. The van der Waals surface area contributed by atoms with Crippen molar-refractivity contribution in [1.29, 1.82) is 0 Å². The minimum Gasteiger partial charge on any atom is -0.480 e. The number of likely N-dealkylation sites (tertiary alicyclic amines) is 1. The zero-order valence-electron chi connectivity index (χ0n) is 11.9. The van der Waals surface area contributed by atoms with Crippen molar-refractivity contribution in [1.82, 2.24) is 10.2 Å². The minimum absolute atomic E-state index is 0.0184. The van der Waals surface area contributed by atoms with Crippen molar-refractivity contribution in [3.05, 3.63) is 0 Å². The third-order valence-corrected chi connectivity index (χ3v) is 3.18. The Balaban J connectivity index is 2.59. The van der Waals surface area contributed by atoms with Gasteiger partial charge in [-0.05, 0) is 0 Å². The lowest BCUT2D eigenvalue weighted by Gasteiger charge is -2.19. The van der Waals surface area contributed by atoms with Crippen molar-refractivity contribution in [3.63, 3.8) is 0 Å².